The van der Waals surface area contributed by atoms with Gasteiger partial charge in [0.05, 0.1) is 12.2 Å². The van der Waals surface area contributed by atoms with Crippen LogP contribution in [0.25, 0.3) is 0 Å². The number of hydrogen-bond donors (Lipinski definition) is 1. The molecule has 1 aromatic heterocycles. The van der Waals surface area contributed by atoms with E-state index in [4.69, 9.17) is 0 Å². The van der Waals surface area contributed by atoms with Gasteiger partial charge >= 0.3 is 0 Å². The van der Waals surface area contributed by atoms with Crippen molar-refractivity contribution < 1.29 is 0 Å². The van der Waals surface area contributed by atoms with Gasteiger partial charge < -0.3 is 5.32 Å². The molecular formula is C11H21N3. The van der Waals surface area contributed by atoms with E-state index >= 15 is 0 Å². The third kappa shape index (κ3) is 3.14. The molecule has 0 fully saturated rings. The maximum Gasteiger partial charge on any atom is 0.0519 e. The molecule has 0 radical (unpaired) electrons. The van der Waals surface area contributed by atoms with Gasteiger partial charge in [0.15, 0.2) is 0 Å². The molecule has 0 amide bonds. The van der Waals surface area contributed by atoms with Crippen molar-refractivity contribution in [1.82, 2.24) is 15.1 Å². The summed E-state index contributed by atoms with van der Waals surface area (Å²) in [7, 11) is 0. The molecule has 3 heteroatoms. The maximum atomic E-state index is 4.32. The smallest absolute Gasteiger partial charge is 0.0519 e. The topological polar surface area (TPSA) is 29.9 Å². The van der Waals surface area contributed by atoms with Crippen LogP contribution in [0.3, 0.4) is 0 Å². The third-order valence-corrected chi connectivity index (χ3v) is 2.43. The Bertz CT molecular complexity index is 267. The molecule has 1 N–H and O–H groups in total. The molecule has 0 aliphatic carbocycles. The maximum absolute atomic E-state index is 4.32. The predicted molar refractivity (Wildman–Crippen MR) is 59.4 cm³/mol. The van der Waals surface area contributed by atoms with E-state index in [9.17, 15) is 0 Å². The minimum atomic E-state index is 0.470. The van der Waals surface area contributed by atoms with E-state index in [2.05, 4.69) is 44.3 Å². The van der Waals surface area contributed by atoms with Gasteiger partial charge in [-0.3, -0.25) is 4.68 Å². The normalized spacial score (nSPS) is 15.4. The van der Waals surface area contributed by atoms with Crippen molar-refractivity contribution in [2.75, 3.05) is 6.54 Å². The van der Waals surface area contributed by atoms with Crippen LogP contribution in [0, 0.1) is 6.92 Å². The highest BCUT2D eigenvalue weighted by Gasteiger charge is 2.09. The lowest BCUT2D eigenvalue weighted by Crippen LogP contribution is -2.28. The first-order valence-corrected chi connectivity index (χ1v) is 5.37. The summed E-state index contributed by atoms with van der Waals surface area (Å²) in [4.78, 5) is 0. The first-order valence-electron chi connectivity index (χ1n) is 5.37. The summed E-state index contributed by atoms with van der Waals surface area (Å²) in [6.45, 7) is 9.67. The summed E-state index contributed by atoms with van der Waals surface area (Å²) >= 11 is 0. The minimum Gasteiger partial charge on any atom is -0.314 e. The van der Waals surface area contributed by atoms with E-state index < -0.39 is 0 Å². The van der Waals surface area contributed by atoms with Gasteiger partial charge in [-0.15, -0.1) is 0 Å². The zero-order valence-electron chi connectivity index (χ0n) is 9.62. The average Bonchev–Trinajstić information content (AvgIpc) is 2.52. The Labute approximate surface area is 86.5 Å². The highest BCUT2D eigenvalue weighted by molar-refractivity contribution is 5.00. The zero-order valence-corrected chi connectivity index (χ0v) is 9.62. The largest absolute Gasteiger partial charge is 0.314 e. The van der Waals surface area contributed by atoms with Crippen LogP contribution in [0.15, 0.2) is 12.4 Å². The van der Waals surface area contributed by atoms with Crippen molar-refractivity contribution in [2.24, 2.45) is 0 Å². The van der Waals surface area contributed by atoms with Crippen LogP contribution in [0.5, 0.6) is 0 Å². The summed E-state index contributed by atoms with van der Waals surface area (Å²) in [6, 6.07) is 1.03. The van der Waals surface area contributed by atoms with E-state index in [-0.39, 0.29) is 0 Å². The first kappa shape index (κ1) is 11.2. The van der Waals surface area contributed by atoms with Crippen LogP contribution in [-0.2, 0) is 0 Å². The van der Waals surface area contributed by atoms with Gasteiger partial charge in [-0.05, 0) is 39.3 Å². The zero-order chi connectivity index (χ0) is 10.6. The van der Waals surface area contributed by atoms with Crippen LogP contribution in [0.4, 0.5) is 0 Å². The molecule has 14 heavy (non-hydrogen) atoms. The Morgan fingerprint density at radius 3 is 2.71 bits per heavy atom. The van der Waals surface area contributed by atoms with Gasteiger partial charge in [-0.25, -0.2) is 0 Å². The van der Waals surface area contributed by atoms with Gasteiger partial charge in [0.25, 0.3) is 0 Å². The number of rotatable bonds is 5. The van der Waals surface area contributed by atoms with Crippen molar-refractivity contribution in [3.63, 3.8) is 0 Å². The molecule has 0 aliphatic heterocycles. The summed E-state index contributed by atoms with van der Waals surface area (Å²) in [5.74, 6) is 0. The van der Waals surface area contributed by atoms with E-state index in [0.717, 1.165) is 13.0 Å². The molecule has 1 aromatic rings. The Hall–Kier alpha value is -0.830. The van der Waals surface area contributed by atoms with Crippen LogP contribution in [0.1, 0.15) is 38.8 Å². The molecule has 0 bridgehead atoms. The first-order chi connectivity index (χ1) is 6.63. The van der Waals surface area contributed by atoms with Gasteiger partial charge in [0.2, 0.25) is 0 Å². The second-order valence-corrected chi connectivity index (χ2v) is 4.04. The second kappa shape index (κ2) is 5.15. The molecule has 2 atom stereocenters. The molecule has 80 valence electrons. The number of nitrogens with zero attached hydrogens (tertiary/aromatic N) is 2. The fraction of sp³-hybridized carbons (Fsp3) is 0.727. The molecule has 1 rings (SSSR count). The number of nitrogens with one attached hydrogen (secondary N) is 1. The molecule has 0 saturated carbocycles. The molecule has 0 spiro atoms. The van der Waals surface area contributed by atoms with Gasteiger partial charge in [0.1, 0.15) is 0 Å². The van der Waals surface area contributed by atoms with Gasteiger partial charge in [0, 0.05) is 12.2 Å². The van der Waals surface area contributed by atoms with E-state index in [1.807, 2.05) is 10.9 Å². The van der Waals surface area contributed by atoms with Crippen molar-refractivity contribution in [3.8, 4) is 0 Å². The summed E-state index contributed by atoms with van der Waals surface area (Å²) in [5, 5.41) is 7.73. The fourth-order valence-electron chi connectivity index (χ4n) is 1.73. The lowest BCUT2D eigenvalue weighted by Gasteiger charge is -2.18. The molecule has 0 aliphatic rings. The van der Waals surface area contributed by atoms with Crippen molar-refractivity contribution in [3.05, 3.63) is 18.0 Å². The Morgan fingerprint density at radius 1 is 1.50 bits per heavy atom. The summed E-state index contributed by atoms with van der Waals surface area (Å²) in [6.07, 6.45) is 5.13. The van der Waals surface area contributed by atoms with Crippen molar-refractivity contribution >= 4 is 0 Å². The standard InChI is InChI=1S/C11H21N3/c1-5-12-10(3)6-11(4)14-8-9(2)7-13-14/h7-8,10-12H,5-6H2,1-4H3. The number of aryl methyl sites for hydroxylation is 1. The van der Waals surface area contributed by atoms with E-state index in [1.54, 1.807) is 0 Å². The molecule has 3 nitrogen and oxygen atoms in total. The Balaban J connectivity index is 2.45. The minimum absolute atomic E-state index is 0.470. The van der Waals surface area contributed by atoms with Crippen LogP contribution < -0.4 is 5.32 Å². The second-order valence-electron chi connectivity index (χ2n) is 4.04. The highest BCUT2D eigenvalue weighted by Crippen LogP contribution is 2.12. The number of hydrogen-bond acceptors (Lipinski definition) is 2. The molecule has 0 saturated heterocycles. The fourth-order valence-corrected chi connectivity index (χ4v) is 1.73. The van der Waals surface area contributed by atoms with Crippen molar-refractivity contribution in [2.45, 2.75) is 46.2 Å². The van der Waals surface area contributed by atoms with Crippen LogP contribution in [-0.4, -0.2) is 22.4 Å². The SMILES string of the molecule is CCNC(C)CC(C)n1cc(C)cn1. The predicted octanol–water partition coefficient (Wildman–Crippen LogP) is 2.14. The summed E-state index contributed by atoms with van der Waals surface area (Å²) < 4.78 is 2.04. The van der Waals surface area contributed by atoms with Crippen molar-refractivity contribution in [1.29, 1.82) is 0 Å². The van der Waals surface area contributed by atoms with Crippen LogP contribution >= 0.6 is 0 Å². The molecule has 1 heterocycles. The third-order valence-electron chi connectivity index (χ3n) is 2.43. The Kier molecular flexibility index (Phi) is 4.14. The van der Waals surface area contributed by atoms with E-state index in [0.29, 0.717) is 12.1 Å². The van der Waals surface area contributed by atoms with Gasteiger partial charge in [-0.1, -0.05) is 6.92 Å². The molecule has 0 aromatic carbocycles. The quantitative estimate of drug-likeness (QED) is 0.780. The lowest BCUT2D eigenvalue weighted by atomic mass is 10.1. The monoisotopic (exact) mass is 195 g/mol. The molecule has 2 unspecified atom stereocenters. The lowest BCUT2D eigenvalue weighted by molar-refractivity contribution is 0.393. The van der Waals surface area contributed by atoms with Gasteiger partial charge in [-0.2, -0.15) is 5.10 Å². The van der Waals surface area contributed by atoms with Crippen LogP contribution in [0.2, 0.25) is 0 Å². The average molecular weight is 195 g/mol. The highest BCUT2D eigenvalue weighted by atomic mass is 15.3. The number of aromatic nitrogens is 2. The van der Waals surface area contributed by atoms with E-state index in [1.165, 1.54) is 5.56 Å². The Morgan fingerprint density at radius 2 is 2.21 bits per heavy atom. The summed E-state index contributed by atoms with van der Waals surface area (Å²) in [5.41, 5.74) is 1.23. The molecular weight excluding hydrogens is 174 g/mol.